The van der Waals surface area contributed by atoms with Crippen molar-refractivity contribution in [2.75, 3.05) is 0 Å². The Morgan fingerprint density at radius 2 is 1.71 bits per heavy atom. The maximum Gasteiger partial charge on any atom is 0.0358 e. The maximum atomic E-state index is 6.20. The minimum atomic E-state index is 0.971. The molecule has 104 valence electrons. The number of rotatable bonds is 1. The average molecular weight is 376 g/mol. The van der Waals surface area contributed by atoms with Crippen molar-refractivity contribution in [3.05, 3.63) is 62.4 Å². The van der Waals surface area contributed by atoms with Crippen LogP contribution in [0.3, 0.4) is 0 Å². The number of hydrogen-bond donors (Lipinski definition) is 0. The number of hydrogen-bond acceptors (Lipinski definition) is 1. The van der Waals surface area contributed by atoms with Crippen LogP contribution in [0.4, 0.5) is 0 Å². The van der Waals surface area contributed by atoms with E-state index in [9.17, 15) is 0 Å². The minimum Gasteiger partial charge on any atom is -0.140 e. The zero-order valence-corrected chi connectivity index (χ0v) is 14.4. The fraction of sp³-hybridized carbons (Fsp3) is 0.111. The smallest absolute Gasteiger partial charge is 0.0358 e. The third-order valence-electron chi connectivity index (χ3n) is 3.87. The van der Waals surface area contributed by atoms with Gasteiger partial charge in [-0.1, -0.05) is 51.8 Å². The first kappa shape index (κ1) is 13.6. The first-order valence-corrected chi connectivity index (χ1v) is 8.87. The number of fused-ring (bicyclic) bond motifs is 3. The Balaban J connectivity index is 1.86. The van der Waals surface area contributed by atoms with Crippen LogP contribution in [0.2, 0.25) is 0 Å². The van der Waals surface area contributed by atoms with E-state index in [-0.39, 0.29) is 0 Å². The van der Waals surface area contributed by atoms with Gasteiger partial charge in [-0.25, -0.2) is 0 Å². The lowest BCUT2D eigenvalue weighted by Gasteiger charge is -2.07. The van der Waals surface area contributed by atoms with Crippen molar-refractivity contribution in [2.45, 2.75) is 12.8 Å². The van der Waals surface area contributed by atoms with Gasteiger partial charge in [-0.2, -0.15) is 0 Å². The highest BCUT2D eigenvalue weighted by atomic mass is 79.9. The van der Waals surface area contributed by atoms with E-state index in [0.717, 1.165) is 22.3 Å². The molecule has 3 aromatic rings. The molecule has 1 aliphatic rings. The normalized spacial score (nSPS) is 14.1. The Hall–Kier alpha value is -1.09. The summed E-state index contributed by atoms with van der Waals surface area (Å²) in [6.07, 6.45) is 4.18. The Bertz CT molecular complexity index is 859. The molecular formula is C18H12BrClS. The highest BCUT2D eigenvalue weighted by molar-refractivity contribution is 9.10. The second kappa shape index (κ2) is 5.28. The average Bonchev–Trinajstić information content (AvgIpc) is 2.85. The topological polar surface area (TPSA) is 0 Å². The Kier molecular flexibility index (Phi) is 3.41. The van der Waals surface area contributed by atoms with Gasteiger partial charge in [-0.15, -0.1) is 11.3 Å². The van der Waals surface area contributed by atoms with Gasteiger partial charge in [0.05, 0.1) is 0 Å². The molecule has 0 amide bonds. The molecular weight excluding hydrogens is 364 g/mol. The van der Waals surface area contributed by atoms with Crippen LogP contribution in [0.15, 0.2) is 52.0 Å². The quantitative estimate of drug-likeness (QED) is 0.436. The van der Waals surface area contributed by atoms with E-state index in [0.29, 0.717) is 0 Å². The van der Waals surface area contributed by atoms with E-state index in [2.05, 4.69) is 64.5 Å². The summed E-state index contributed by atoms with van der Waals surface area (Å²) in [6, 6.07) is 15.2. The highest BCUT2D eigenvalue weighted by Gasteiger charge is 2.15. The number of benzene rings is 2. The number of thiophene rings is 1. The molecule has 0 radical (unpaired) electrons. The van der Waals surface area contributed by atoms with Crippen LogP contribution in [-0.4, -0.2) is 0 Å². The number of halogens is 2. The highest BCUT2D eigenvalue weighted by Crippen LogP contribution is 2.39. The maximum absolute atomic E-state index is 6.20. The van der Waals surface area contributed by atoms with Crippen molar-refractivity contribution in [2.24, 2.45) is 0 Å². The molecule has 21 heavy (non-hydrogen) atoms. The third kappa shape index (κ3) is 2.46. The summed E-state index contributed by atoms with van der Waals surface area (Å²) >= 11 is 11.6. The predicted octanol–water partition coefficient (Wildman–Crippen LogP) is 6.86. The third-order valence-corrected chi connectivity index (χ3v) is 5.93. The van der Waals surface area contributed by atoms with Crippen LogP contribution in [0.5, 0.6) is 0 Å². The summed E-state index contributed by atoms with van der Waals surface area (Å²) in [7, 11) is 0. The van der Waals surface area contributed by atoms with Crippen LogP contribution in [0, 0.1) is 0 Å². The van der Waals surface area contributed by atoms with Crippen molar-refractivity contribution in [1.82, 2.24) is 0 Å². The summed E-state index contributed by atoms with van der Waals surface area (Å²) in [6.45, 7) is 0. The van der Waals surface area contributed by atoms with E-state index >= 15 is 0 Å². The van der Waals surface area contributed by atoms with Gasteiger partial charge in [0.25, 0.3) is 0 Å². The molecule has 1 aliphatic carbocycles. The molecule has 0 aliphatic heterocycles. The molecule has 1 heterocycles. The van der Waals surface area contributed by atoms with Crippen LogP contribution in [0.25, 0.3) is 27.3 Å². The Morgan fingerprint density at radius 1 is 0.952 bits per heavy atom. The van der Waals surface area contributed by atoms with E-state index in [4.69, 9.17) is 11.6 Å². The summed E-state index contributed by atoms with van der Waals surface area (Å²) in [5, 5.41) is 2.30. The van der Waals surface area contributed by atoms with Gasteiger partial charge in [0.2, 0.25) is 0 Å². The van der Waals surface area contributed by atoms with Crippen molar-refractivity contribution in [3.63, 3.8) is 0 Å². The van der Waals surface area contributed by atoms with Gasteiger partial charge < -0.3 is 0 Å². The lowest BCUT2D eigenvalue weighted by Crippen LogP contribution is -1.90. The molecule has 2 aromatic carbocycles. The minimum absolute atomic E-state index is 0.971. The van der Waals surface area contributed by atoms with Gasteiger partial charge in [0.15, 0.2) is 0 Å². The fourth-order valence-electron chi connectivity index (χ4n) is 2.79. The Morgan fingerprint density at radius 3 is 2.52 bits per heavy atom. The first-order valence-electron chi connectivity index (χ1n) is 6.88. The van der Waals surface area contributed by atoms with Crippen molar-refractivity contribution < 1.29 is 0 Å². The second-order valence-corrected chi connectivity index (χ2v) is 7.79. The zero-order chi connectivity index (χ0) is 14.4. The molecule has 0 unspecified atom stereocenters. The lowest BCUT2D eigenvalue weighted by atomic mass is 10.00. The van der Waals surface area contributed by atoms with Crippen LogP contribution < -0.4 is 0 Å². The van der Waals surface area contributed by atoms with Crippen molar-refractivity contribution in [1.29, 1.82) is 0 Å². The van der Waals surface area contributed by atoms with Crippen LogP contribution >= 0.6 is 38.9 Å². The molecule has 0 saturated heterocycles. The largest absolute Gasteiger partial charge is 0.140 e. The molecule has 0 nitrogen and oxygen atoms in total. The molecule has 0 bridgehead atoms. The number of aryl methyl sites for hydroxylation is 1. The standard InChI is InChI=1S/C18H12BrClS/c19-13-4-1-11(2-5-13)12-3-7-15-16-10-14(20)6-8-17(16)21-18(15)9-12/h1-5,7,9-10H,6,8H2. The van der Waals surface area contributed by atoms with E-state index in [1.54, 1.807) is 0 Å². The van der Waals surface area contributed by atoms with Crippen LogP contribution in [0.1, 0.15) is 16.9 Å². The molecule has 1 aromatic heterocycles. The molecule has 0 spiro atoms. The first-order chi connectivity index (χ1) is 10.2. The van der Waals surface area contributed by atoms with Crippen molar-refractivity contribution in [3.8, 4) is 11.1 Å². The molecule has 4 rings (SSSR count). The Labute approximate surface area is 141 Å². The molecule has 0 saturated carbocycles. The molecule has 3 heteroatoms. The van der Waals surface area contributed by atoms with E-state index < -0.39 is 0 Å². The summed E-state index contributed by atoms with van der Waals surface area (Å²) < 4.78 is 2.46. The fourth-order valence-corrected chi connectivity index (χ4v) is 4.48. The van der Waals surface area contributed by atoms with Gasteiger partial charge >= 0.3 is 0 Å². The van der Waals surface area contributed by atoms with Crippen molar-refractivity contribution >= 4 is 55.0 Å². The summed E-state index contributed by atoms with van der Waals surface area (Å²) in [5.74, 6) is 0. The van der Waals surface area contributed by atoms with E-state index in [1.165, 1.54) is 31.7 Å². The zero-order valence-electron chi connectivity index (χ0n) is 11.2. The molecule has 0 atom stereocenters. The molecule has 0 N–H and O–H groups in total. The van der Waals surface area contributed by atoms with Gasteiger partial charge in [-0.3, -0.25) is 0 Å². The monoisotopic (exact) mass is 374 g/mol. The molecule has 0 fully saturated rings. The number of allylic oxidation sites excluding steroid dienone is 1. The lowest BCUT2D eigenvalue weighted by molar-refractivity contribution is 0.998. The SMILES string of the molecule is ClC1=Cc2c(sc3cc(-c4ccc(Br)cc4)ccc23)CC1. The van der Waals surface area contributed by atoms with Crippen LogP contribution in [-0.2, 0) is 6.42 Å². The second-order valence-electron chi connectivity index (χ2n) is 5.25. The van der Waals surface area contributed by atoms with Gasteiger partial charge in [0, 0.05) is 24.5 Å². The summed E-state index contributed by atoms with van der Waals surface area (Å²) in [5.41, 5.74) is 3.84. The van der Waals surface area contributed by atoms with Gasteiger partial charge in [-0.05, 0) is 53.8 Å². The van der Waals surface area contributed by atoms with Gasteiger partial charge in [0.1, 0.15) is 0 Å². The van der Waals surface area contributed by atoms with E-state index in [1.807, 2.05) is 11.3 Å². The predicted molar refractivity (Wildman–Crippen MR) is 97.1 cm³/mol. The summed E-state index contributed by atoms with van der Waals surface area (Å²) in [4.78, 5) is 1.46.